The van der Waals surface area contributed by atoms with Crippen LogP contribution in [0, 0.1) is 0 Å². The maximum absolute atomic E-state index is 12.2. The van der Waals surface area contributed by atoms with E-state index in [0.717, 1.165) is 18.7 Å². The number of nitrogens with zero attached hydrogens (tertiary/aromatic N) is 2. The zero-order chi connectivity index (χ0) is 14.6. The van der Waals surface area contributed by atoms with Gasteiger partial charge in [0.05, 0.1) is 5.56 Å². The molecule has 1 aromatic heterocycles. The van der Waals surface area contributed by atoms with Gasteiger partial charge in [-0.3, -0.25) is 4.79 Å². The van der Waals surface area contributed by atoms with E-state index >= 15 is 0 Å². The Labute approximate surface area is 120 Å². The number of amides is 1. The van der Waals surface area contributed by atoms with Crippen molar-refractivity contribution in [2.75, 3.05) is 33.0 Å². The predicted molar refractivity (Wildman–Crippen MR) is 81.0 cm³/mol. The molecule has 1 fully saturated rings. The molecule has 1 aliphatic carbocycles. The molecule has 20 heavy (non-hydrogen) atoms. The molecule has 2 N–H and O–H groups in total. The number of carbonyl (C=O) groups excluding carboxylic acids is 1. The van der Waals surface area contributed by atoms with Gasteiger partial charge in [0.25, 0.3) is 5.91 Å². The summed E-state index contributed by atoms with van der Waals surface area (Å²) in [6.45, 7) is 0.701. The first-order valence-electron chi connectivity index (χ1n) is 7.17. The summed E-state index contributed by atoms with van der Waals surface area (Å²) in [6.07, 6.45) is 6.39. The second-order valence-corrected chi connectivity index (χ2v) is 5.69. The number of hydrogen-bond acceptors (Lipinski definition) is 4. The first kappa shape index (κ1) is 14.8. The first-order valence-corrected chi connectivity index (χ1v) is 7.17. The van der Waals surface area contributed by atoms with Crippen molar-refractivity contribution >= 4 is 11.7 Å². The molecule has 0 bridgehead atoms. The SMILES string of the molecule is CNc1ccc(C(=O)NCC2(N(C)C)CCCC2)cn1. The molecule has 2 rings (SSSR count). The summed E-state index contributed by atoms with van der Waals surface area (Å²) in [6, 6.07) is 3.61. The van der Waals surface area contributed by atoms with Crippen molar-refractivity contribution < 1.29 is 4.79 Å². The predicted octanol–water partition coefficient (Wildman–Crippen LogP) is 1.73. The van der Waals surface area contributed by atoms with Crippen molar-refractivity contribution in [1.29, 1.82) is 0 Å². The summed E-state index contributed by atoms with van der Waals surface area (Å²) >= 11 is 0. The number of nitrogens with one attached hydrogen (secondary N) is 2. The Morgan fingerprint density at radius 1 is 1.35 bits per heavy atom. The third kappa shape index (κ3) is 3.10. The molecule has 1 saturated carbocycles. The number of hydrogen-bond donors (Lipinski definition) is 2. The van der Waals surface area contributed by atoms with E-state index in [-0.39, 0.29) is 11.4 Å². The molecule has 1 aromatic rings. The average molecular weight is 276 g/mol. The van der Waals surface area contributed by atoms with Crippen LogP contribution in [0.5, 0.6) is 0 Å². The van der Waals surface area contributed by atoms with Gasteiger partial charge in [0.15, 0.2) is 0 Å². The standard InChI is InChI=1S/C15H24N4O/c1-16-13-7-6-12(10-17-13)14(20)18-11-15(19(2)3)8-4-5-9-15/h6-7,10H,4-5,8-9,11H2,1-3H3,(H,16,17)(H,18,20). The van der Waals surface area contributed by atoms with Crippen molar-refractivity contribution in [3.05, 3.63) is 23.9 Å². The number of aromatic nitrogens is 1. The molecule has 1 heterocycles. The van der Waals surface area contributed by atoms with Gasteiger partial charge in [-0.05, 0) is 39.1 Å². The number of pyridine rings is 1. The molecule has 110 valence electrons. The maximum Gasteiger partial charge on any atom is 0.252 e. The molecule has 5 heteroatoms. The lowest BCUT2D eigenvalue weighted by molar-refractivity contribution is 0.0899. The van der Waals surface area contributed by atoms with E-state index in [1.165, 1.54) is 12.8 Å². The van der Waals surface area contributed by atoms with Crippen LogP contribution in [0.3, 0.4) is 0 Å². The minimum Gasteiger partial charge on any atom is -0.373 e. The van der Waals surface area contributed by atoms with Crippen molar-refractivity contribution in [3.8, 4) is 0 Å². The summed E-state index contributed by atoms with van der Waals surface area (Å²) < 4.78 is 0. The van der Waals surface area contributed by atoms with Crippen LogP contribution < -0.4 is 10.6 Å². The van der Waals surface area contributed by atoms with Gasteiger partial charge in [0, 0.05) is 25.3 Å². The van der Waals surface area contributed by atoms with Crippen LogP contribution in [-0.4, -0.2) is 49.0 Å². The molecule has 1 amide bonds. The smallest absolute Gasteiger partial charge is 0.252 e. The third-order valence-corrected chi connectivity index (χ3v) is 4.34. The second kappa shape index (κ2) is 6.22. The molecule has 0 spiro atoms. The summed E-state index contributed by atoms with van der Waals surface area (Å²) in [4.78, 5) is 18.6. The van der Waals surface area contributed by atoms with Crippen LogP contribution in [0.25, 0.3) is 0 Å². The van der Waals surface area contributed by atoms with Gasteiger partial charge in [0.2, 0.25) is 0 Å². The Balaban J connectivity index is 1.97. The lowest BCUT2D eigenvalue weighted by Crippen LogP contribution is -2.50. The van der Waals surface area contributed by atoms with Gasteiger partial charge in [-0.25, -0.2) is 4.98 Å². The molecule has 1 aliphatic rings. The molecule has 0 atom stereocenters. The first-order chi connectivity index (χ1) is 9.57. The lowest BCUT2D eigenvalue weighted by atomic mass is 9.96. The van der Waals surface area contributed by atoms with Crippen molar-refractivity contribution in [2.24, 2.45) is 0 Å². The van der Waals surface area contributed by atoms with E-state index in [0.29, 0.717) is 12.1 Å². The molecule has 0 unspecified atom stereocenters. The molecule has 5 nitrogen and oxygen atoms in total. The lowest BCUT2D eigenvalue weighted by Gasteiger charge is -2.36. The summed E-state index contributed by atoms with van der Waals surface area (Å²) in [5, 5.41) is 6.00. The van der Waals surface area contributed by atoms with Crippen LogP contribution in [-0.2, 0) is 0 Å². The monoisotopic (exact) mass is 276 g/mol. The number of anilines is 1. The van der Waals surface area contributed by atoms with Crippen LogP contribution in [0.15, 0.2) is 18.3 Å². The fraction of sp³-hybridized carbons (Fsp3) is 0.600. The van der Waals surface area contributed by atoms with Crippen LogP contribution in [0.2, 0.25) is 0 Å². The number of carbonyl (C=O) groups is 1. The Morgan fingerprint density at radius 3 is 2.55 bits per heavy atom. The second-order valence-electron chi connectivity index (χ2n) is 5.69. The van der Waals surface area contributed by atoms with Crippen molar-refractivity contribution in [2.45, 2.75) is 31.2 Å². The highest BCUT2D eigenvalue weighted by Gasteiger charge is 2.36. The number of rotatable bonds is 5. The van der Waals surface area contributed by atoms with Crippen LogP contribution >= 0.6 is 0 Å². The number of likely N-dealkylation sites (N-methyl/N-ethyl adjacent to an activating group) is 1. The van der Waals surface area contributed by atoms with E-state index in [9.17, 15) is 4.79 Å². The molecular weight excluding hydrogens is 252 g/mol. The Hall–Kier alpha value is -1.62. The highest BCUT2D eigenvalue weighted by molar-refractivity contribution is 5.94. The Kier molecular flexibility index (Phi) is 4.60. The van der Waals surface area contributed by atoms with Gasteiger partial charge in [-0.2, -0.15) is 0 Å². The van der Waals surface area contributed by atoms with Crippen LogP contribution in [0.4, 0.5) is 5.82 Å². The summed E-state index contributed by atoms with van der Waals surface area (Å²) in [5.74, 6) is 0.718. The highest BCUT2D eigenvalue weighted by Crippen LogP contribution is 2.33. The molecule has 0 saturated heterocycles. The van der Waals surface area contributed by atoms with Gasteiger partial charge < -0.3 is 15.5 Å². The topological polar surface area (TPSA) is 57.3 Å². The third-order valence-electron chi connectivity index (χ3n) is 4.34. The summed E-state index contributed by atoms with van der Waals surface area (Å²) in [5.41, 5.74) is 0.726. The molecule has 0 aromatic carbocycles. The maximum atomic E-state index is 12.2. The van der Waals surface area contributed by atoms with E-state index in [1.807, 2.05) is 13.1 Å². The minimum atomic E-state index is -0.0479. The van der Waals surface area contributed by atoms with Gasteiger partial charge in [-0.1, -0.05) is 12.8 Å². The Morgan fingerprint density at radius 2 is 2.05 bits per heavy atom. The van der Waals surface area contributed by atoms with E-state index in [2.05, 4.69) is 34.6 Å². The summed E-state index contributed by atoms with van der Waals surface area (Å²) in [7, 11) is 6.00. The molecule has 0 radical (unpaired) electrons. The van der Waals surface area contributed by atoms with Crippen molar-refractivity contribution in [3.63, 3.8) is 0 Å². The fourth-order valence-corrected chi connectivity index (χ4v) is 2.84. The van der Waals surface area contributed by atoms with Gasteiger partial charge >= 0.3 is 0 Å². The Bertz CT molecular complexity index is 449. The largest absolute Gasteiger partial charge is 0.373 e. The van der Waals surface area contributed by atoms with E-state index in [4.69, 9.17) is 0 Å². The van der Waals surface area contributed by atoms with Gasteiger partial charge in [0.1, 0.15) is 5.82 Å². The minimum absolute atomic E-state index is 0.0479. The molecular formula is C15H24N4O. The zero-order valence-corrected chi connectivity index (χ0v) is 12.6. The zero-order valence-electron chi connectivity index (χ0n) is 12.6. The van der Waals surface area contributed by atoms with Gasteiger partial charge in [-0.15, -0.1) is 0 Å². The van der Waals surface area contributed by atoms with E-state index < -0.39 is 0 Å². The van der Waals surface area contributed by atoms with E-state index in [1.54, 1.807) is 12.3 Å². The normalized spacial score (nSPS) is 17.2. The van der Waals surface area contributed by atoms with Crippen LogP contribution in [0.1, 0.15) is 36.0 Å². The average Bonchev–Trinajstić information content (AvgIpc) is 2.95. The fourth-order valence-electron chi connectivity index (χ4n) is 2.84. The highest BCUT2D eigenvalue weighted by atomic mass is 16.1. The van der Waals surface area contributed by atoms with Crippen molar-refractivity contribution in [1.82, 2.24) is 15.2 Å². The molecule has 0 aliphatic heterocycles. The quantitative estimate of drug-likeness (QED) is 0.860.